The SMILES string of the molecule is C[CH2][Al][CH2]C.[Co]. The quantitative estimate of drug-likeness (QED) is 0.516. The van der Waals surface area contributed by atoms with E-state index in [2.05, 4.69) is 13.8 Å². The molecule has 38 valence electrons. The fourth-order valence-corrected chi connectivity index (χ4v) is 0.866. The second kappa shape index (κ2) is 9.40. The maximum atomic E-state index is 2.25. The second-order valence-corrected chi connectivity index (χ2v) is 3.32. The summed E-state index contributed by atoms with van der Waals surface area (Å²) in [4.78, 5) is 0. The van der Waals surface area contributed by atoms with E-state index < -0.39 is 0 Å². The van der Waals surface area contributed by atoms with E-state index in [9.17, 15) is 0 Å². The van der Waals surface area contributed by atoms with E-state index in [1.165, 1.54) is 10.6 Å². The normalized spacial score (nSPS) is 6.33. The van der Waals surface area contributed by atoms with Crippen LogP contribution in [0.25, 0.3) is 0 Å². The first-order valence-corrected chi connectivity index (χ1v) is 3.86. The molecule has 0 saturated carbocycles. The number of rotatable bonds is 2. The molecule has 2 heteroatoms. The molecule has 0 aliphatic rings. The zero-order valence-electron chi connectivity index (χ0n) is 4.32. The Morgan fingerprint density at radius 3 is 1.50 bits per heavy atom. The van der Waals surface area contributed by atoms with Crippen LogP contribution < -0.4 is 0 Å². The summed E-state index contributed by atoms with van der Waals surface area (Å²) in [6.07, 6.45) is 0. The smallest absolute Gasteiger partial charge is 0.106 e. The Bertz CT molecular complexity index is 15.0. The van der Waals surface area contributed by atoms with Gasteiger partial charge in [0.25, 0.3) is 0 Å². The molecule has 0 aliphatic carbocycles. The van der Waals surface area contributed by atoms with E-state index in [1.54, 1.807) is 0 Å². The van der Waals surface area contributed by atoms with Gasteiger partial charge in [0.2, 0.25) is 0 Å². The Labute approximate surface area is 56.6 Å². The molecule has 0 amide bonds. The van der Waals surface area contributed by atoms with Crippen LogP contribution in [-0.4, -0.2) is 15.2 Å². The van der Waals surface area contributed by atoms with E-state index in [-0.39, 0.29) is 16.8 Å². The summed E-state index contributed by atoms with van der Waals surface area (Å²) in [5, 5.41) is 2.85. The zero-order chi connectivity index (χ0) is 4.12. The van der Waals surface area contributed by atoms with Gasteiger partial charge in [0.15, 0.2) is 15.2 Å². The average molecular weight is 144 g/mol. The molecule has 0 unspecified atom stereocenters. The molecule has 0 aromatic rings. The van der Waals surface area contributed by atoms with Crippen LogP contribution in [0.3, 0.4) is 0 Å². The summed E-state index contributed by atoms with van der Waals surface area (Å²) < 4.78 is 0. The molecule has 0 aromatic carbocycles. The van der Waals surface area contributed by atoms with Gasteiger partial charge < -0.3 is 0 Å². The van der Waals surface area contributed by atoms with Gasteiger partial charge in [-0.05, 0) is 0 Å². The van der Waals surface area contributed by atoms with Crippen LogP contribution >= 0.6 is 0 Å². The Kier molecular flexibility index (Phi) is 15.8. The van der Waals surface area contributed by atoms with Gasteiger partial charge in [-0.3, -0.25) is 0 Å². The molecule has 0 rings (SSSR count). The van der Waals surface area contributed by atoms with Gasteiger partial charge in [-0.15, -0.1) is 10.6 Å². The van der Waals surface area contributed by atoms with E-state index >= 15 is 0 Å². The van der Waals surface area contributed by atoms with Gasteiger partial charge in [-0.1, -0.05) is 13.8 Å². The molecule has 0 spiro atoms. The van der Waals surface area contributed by atoms with Crippen LogP contribution in [0.2, 0.25) is 10.6 Å². The third-order valence-corrected chi connectivity index (χ3v) is 1.73. The molecule has 0 atom stereocenters. The minimum absolute atomic E-state index is 0. The van der Waals surface area contributed by atoms with E-state index in [4.69, 9.17) is 0 Å². The van der Waals surface area contributed by atoms with Gasteiger partial charge in [0.05, 0.1) is 0 Å². The van der Waals surface area contributed by atoms with Crippen molar-refractivity contribution in [3.63, 3.8) is 0 Å². The second-order valence-electron chi connectivity index (χ2n) is 1.11. The van der Waals surface area contributed by atoms with Gasteiger partial charge in [0, 0.05) is 16.8 Å². The Hall–Kier alpha value is 1.04. The molecule has 0 aromatic heterocycles. The largest absolute Gasteiger partial charge is 0.198 e. The van der Waals surface area contributed by atoms with Crippen molar-refractivity contribution in [3.8, 4) is 0 Å². The first kappa shape index (κ1) is 10.1. The van der Waals surface area contributed by atoms with Crippen LogP contribution in [0.4, 0.5) is 0 Å². The Morgan fingerprint density at radius 1 is 1.17 bits per heavy atom. The minimum atomic E-state index is 0. The monoisotopic (exact) mass is 144 g/mol. The molecule has 0 N–H and O–H groups in total. The summed E-state index contributed by atoms with van der Waals surface area (Å²) in [5.74, 6) is 0. The van der Waals surface area contributed by atoms with Crippen molar-refractivity contribution >= 4 is 15.2 Å². The summed E-state index contributed by atoms with van der Waals surface area (Å²) in [7, 11) is 0. The standard InChI is InChI=1S/2C2H5.Al.Co/c2*1-2;;/h2*1H2,2H3;;. The average Bonchev–Trinajstić information content (AvgIpc) is 1.41. The third kappa shape index (κ3) is 8.90. The van der Waals surface area contributed by atoms with Crippen molar-refractivity contribution in [2.75, 3.05) is 0 Å². The van der Waals surface area contributed by atoms with Crippen molar-refractivity contribution in [2.45, 2.75) is 24.4 Å². The minimum Gasteiger partial charge on any atom is -0.106 e. The van der Waals surface area contributed by atoms with Crippen LogP contribution in [0.1, 0.15) is 13.8 Å². The van der Waals surface area contributed by atoms with Crippen molar-refractivity contribution in [2.24, 2.45) is 0 Å². The van der Waals surface area contributed by atoms with Crippen molar-refractivity contribution < 1.29 is 16.8 Å². The first-order valence-electron chi connectivity index (χ1n) is 2.23. The van der Waals surface area contributed by atoms with Crippen molar-refractivity contribution in [1.82, 2.24) is 0 Å². The zero-order valence-corrected chi connectivity index (χ0v) is 6.52. The van der Waals surface area contributed by atoms with Gasteiger partial charge in [-0.25, -0.2) is 0 Å². The Balaban J connectivity index is 0. The molecule has 0 saturated heterocycles. The van der Waals surface area contributed by atoms with Crippen molar-refractivity contribution in [3.05, 3.63) is 0 Å². The predicted octanol–water partition coefficient (Wildman–Crippen LogP) is 1.56. The number of hydrogen-bond donors (Lipinski definition) is 0. The van der Waals surface area contributed by atoms with E-state index in [1.807, 2.05) is 0 Å². The number of hydrogen-bond acceptors (Lipinski definition) is 0. The van der Waals surface area contributed by atoms with Crippen molar-refractivity contribution in [1.29, 1.82) is 0 Å². The van der Waals surface area contributed by atoms with Gasteiger partial charge >= 0.3 is 0 Å². The van der Waals surface area contributed by atoms with Crippen LogP contribution in [-0.2, 0) is 16.8 Å². The summed E-state index contributed by atoms with van der Waals surface area (Å²) in [6.45, 7) is 4.50. The van der Waals surface area contributed by atoms with E-state index in [0.29, 0.717) is 0 Å². The maximum Gasteiger partial charge on any atom is 0.198 e. The molecule has 2 radical (unpaired) electrons. The van der Waals surface area contributed by atoms with Gasteiger partial charge in [-0.2, -0.15) is 0 Å². The van der Waals surface area contributed by atoms with Crippen LogP contribution in [0.15, 0.2) is 0 Å². The molecular formula is C4H10AlCo. The third-order valence-electron chi connectivity index (χ3n) is 0.577. The summed E-state index contributed by atoms with van der Waals surface area (Å²) in [6, 6.07) is 0. The molecule has 0 nitrogen and oxygen atoms in total. The molecule has 6 heavy (non-hydrogen) atoms. The molecule has 0 fully saturated rings. The predicted molar refractivity (Wildman–Crippen MR) is 26.7 cm³/mol. The fraction of sp³-hybridized carbons (Fsp3) is 1.00. The molecular weight excluding hydrogens is 134 g/mol. The summed E-state index contributed by atoms with van der Waals surface area (Å²) >= 11 is 0.815. The van der Waals surface area contributed by atoms with Gasteiger partial charge in [0.1, 0.15) is 0 Å². The molecule has 0 bridgehead atoms. The fourth-order valence-electron chi connectivity index (χ4n) is 0.289. The summed E-state index contributed by atoms with van der Waals surface area (Å²) in [5.41, 5.74) is 0. The molecule has 0 aliphatic heterocycles. The first-order chi connectivity index (χ1) is 2.41. The maximum absolute atomic E-state index is 2.25. The van der Waals surface area contributed by atoms with E-state index in [0.717, 1.165) is 15.2 Å². The topological polar surface area (TPSA) is 0 Å². The Morgan fingerprint density at radius 2 is 1.50 bits per heavy atom. The molecule has 0 heterocycles. The van der Waals surface area contributed by atoms with Crippen LogP contribution in [0, 0.1) is 0 Å². The van der Waals surface area contributed by atoms with Crippen LogP contribution in [0.5, 0.6) is 0 Å².